The molecule has 0 amide bonds. The number of carbonyl (C=O) groups excluding carboxylic acids is 1. The third-order valence-corrected chi connectivity index (χ3v) is 3.03. The van der Waals surface area contributed by atoms with Crippen molar-refractivity contribution in [2.24, 2.45) is 0 Å². The van der Waals surface area contributed by atoms with Crippen LogP contribution in [0.2, 0.25) is 0 Å². The first-order valence-corrected chi connectivity index (χ1v) is 6.89. The molecule has 21 heavy (non-hydrogen) atoms. The molecule has 2 rings (SSSR count). The standard InChI is InChI=1S/C15H20N4O2/c1-3-21-15(20)12-5-4-6-13(16)14(12)18-11(2)9-19-8-7-17-10-19/h4-8,10-11,18H,3,9,16H2,1-2H3. The Bertz CT molecular complexity index is 596. The summed E-state index contributed by atoms with van der Waals surface area (Å²) in [7, 11) is 0. The van der Waals surface area contributed by atoms with Crippen LogP contribution in [0.5, 0.6) is 0 Å². The summed E-state index contributed by atoms with van der Waals surface area (Å²) in [5.74, 6) is -0.373. The van der Waals surface area contributed by atoms with Crippen LogP contribution in [0.25, 0.3) is 0 Å². The molecule has 0 aliphatic heterocycles. The van der Waals surface area contributed by atoms with E-state index in [1.165, 1.54) is 0 Å². The minimum atomic E-state index is -0.373. The zero-order valence-corrected chi connectivity index (χ0v) is 12.2. The second-order valence-corrected chi connectivity index (χ2v) is 4.80. The summed E-state index contributed by atoms with van der Waals surface area (Å²) in [6, 6.07) is 5.29. The van der Waals surface area contributed by atoms with Crippen LogP contribution in [0.15, 0.2) is 36.9 Å². The quantitative estimate of drug-likeness (QED) is 0.628. The lowest BCUT2D eigenvalue weighted by Crippen LogP contribution is -2.23. The molecule has 1 atom stereocenters. The van der Waals surface area contributed by atoms with Gasteiger partial charge in [-0.15, -0.1) is 0 Å². The van der Waals surface area contributed by atoms with Gasteiger partial charge in [-0.3, -0.25) is 0 Å². The summed E-state index contributed by atoms with van der Waals surface area (Å²) < 4.78 is 7.02. The first-order valence-electron chi connectivity index (χ1n) is 6.89. The second-order valence-electron chi connectivity index (χ2n) is 4.80. The van der Waals surface area contributed by atoms with Crippen molar-refractivity contribution >= 4 is 17.3 Å². The van der Waals surface area contributed by atoms with Gasteiger partial charge in [0, 0.05) is 25.0 Å². The lowest BCUT2D eigenvalue weighted by Gasteiger charge is -2.19. The van der Waals surface area contributed by atoms with Crippen LogP contribution in [0.1, 0.15) is 24.2 Å². The summed E-state index contributed by atoms with van der Waals surface area (Å²) in [4.78, 5) is 16.0. The zero-order chi connectivity index (χ0) is 15.2. The molecule has 6 heteroatoms. The fourth-order valence-electron chi connectivity index (χ4n) is 2.11. The topological polar surface area (TPSA) is 82.2 Å². The van der Waals surface area contributed by atoms with Crippen molar-refractivity contribution in [1.29, 1.82) is 0 Å². The van der Waals surface area contributed by atoms with Gasteiger partial charge < -0.3 is 20.4 Å². The van der Waals surface area contributed by atoms with Gasteiger partial charge in [-0.2, -0.15) is 0 Å². The first kappa shape index (κ1) is 14.9. The second kappa shape index (κ2) is 6.78. The van der Waals surface area contributed by atoms with Crippen molar-refractivity contribution in [2.75, 3.05) is 17.7 Å². The Morgan fingerprint density at radius 1 is 1.52 bits per heavy atom. The van der Waals surface area contributed by atoms with E-state index in [1.807, 2.05) is 17.7 Å². The van der Waals surface area contributed by atoms with Gasteiger partial charge in [-0.1, -0.05) is 6.07 Å². The molecule has 3 N–H and O–H groups in total. The van der Waals surface area contributed by atoms with Crippen LogP contribution in [0, 0.1) is 0 Å². The van der Waals surface area contributed by atoms with Gasteiger partial charge in [0.1, 0.15) is 0 Å². The predicted molar refractivity (Wildman–Crippen MR) is 82.1 cm³/mol. The van der Waals surface area contributed by atoms with Crippen molar-refractivity contribution in [3.63, 3.8) is 0 Å². The monoisotopic (exact) mass is 288 g/mol. The molecule has 0 saturated heterocycles. The first-order chi connectivity index (χ1) is 10.1. The van der Waals surface area contributed by atoms with Crippen LogP contribution in [-0.2, 0) is 11.3 Å². The number of hydrogen-bond donors (Lipinski definition) is 2. The number of imidazole rings is 1. The summed E-state index contributed by atoms with van der Waals surface area (Å²) in [6.07, 6.45) is 5.37. The SMILES string of the molecule is CCOC(=O)c1cccc(N)c1NC(C)Cn1ccnc1. The molecule has 1 heterocycles. The van der Waals surface area contributed by atoms with E-state index in [0.717, 1.165) is 6.54 Å². The Morgan fingerprint density at radius 3 is 3.00 bits per heavy atom. The predicted octanol–water partition coefficient (Wildman–Crippen LogP) is 2.14. The van der Waals surface area contributed by atoms with Crippen molar-refractivity contribution in [3.8, 4) is 0 Å². The number of aromatic nitrogens is 2. The van der Waals surface area contributed by atoms with Gasteiger partial charge in [0.15, 0.2) is 0 Å². The number of rotatable bonds is 6. The molecule has 0 bridgehead atoms. The highest BCUT2D eigenvalue weighted by molar-refractivity contribution is 5.98. The van der Waals surface area contributed by atoms with E-state index in [4.69, 9.17) is 10.5 Å². The number of hydrogen-bond acceptors (Lipinski definition) is 5. The average Bonchev–Trinajstić information content (AvgIpc) is 2.94. The number of nitrogen functional groups attached to an aromatic ring is 1. The minimum Gasteiger partial charge on any atom is -0.462 e. The molecule has 0 aliphatic rings. The van der Waals surface area contributed by atoms with Crippen LogP contribution in [0.3, 0.4) is 0 Å². The molecule has 112 valence electrons. The van der Waals surface area contributed by atoms with Crippen molar-refractivity contribution < 1.29 is 9.53 Å². The highest BCUT2D eigenvalue weighted by atomic mass is 16.5. The molecular formula is C15H20N4O2. The summed E-state index contributed by atoms with van der Waals surface area (Å²) in [5, 5.41) is 3.28. The molecule has 1 unspecified atom stereocenters. The maximum absolute atomic E-state index is 12.0. The Hall–Kier alpha value is -2.50. The van der Waals surface area contributed by atoms with Crippen molar-refractivity contribution in [3.05, 3.63) is 42.5 Å². The van der Waals surface area contributed by atoms with E-state index < -0.39 is 0 Å². The number of ether oxygens (including phenoxy) is 1. The Kier molecular flexibility index (Phi) is 4.81. The zero-order valence-electron chi connectivity index (χ0n) is 12.2. The molecule has 0 fully saturated rings. The summed E-state index contributed by atoms with van der Waals surface area (Å²) >= 11 is 0. The molecule has 0 spiro atoms. The van der Waals surface area contributed by atoms with Crippen molar-refractivity contribution in [1.82, 2.24) is 9.55 Å². The molecule has 6 nitrogen and oxygen atoms in total. The average molecular weight is 288 g/mol. The van der Waals surface area contributed by atoms with Gasteiger partial charge >= 0.3 is 5.97 Å². The van der Waals surface area contributed by atoms with E-state index in [2.05, 4.69) is 10.3 Å². The van der Waals surface area contributed by atoms with Crippen LogP contribution in [-0.4, -0.2) is 28.2 Å². The van der Waals surface area contributed by atoms with Gasteiger partial charge in [0.05, 0.1) is 29.9 Å². The molecule has 2 aromatic rings. The highest BCUT2D eigenvalue weighted by Crippen LogP contribution is 2.25. The molecule has 1 aromatic heterocycles. The normalized spacial score (nSPS) is 11.9. The number of nitrogens with one attached hydrogen (secondary N) is 1. The molecule has 1 aromatic carbocycles. The minimum absolute atomic E-state index is 0.0806. The summed E-state index contributed by atoms with van der Waals surface area (Å²) in [5.41, 5.74) is 7.58. The lowest BCUT2D eigenvalue weighted by atomic mass is 10.1. The largest absolute Gasteiger partial charge is 0.462 e. The molecular weight excluding hydrogens is 268 g/mol. The highest BCUT2D eigenvalue weighted by Gasteiger charge is 2.16. The maximum Gasteiger partial charge on any atom is 0.340 e. The van der Waals surface area contributed by atoms with E-state index in [1.54, 1.807) is 37.6 Å². The third-order valence-electron chi connectivity index (χ3n) is 3.03. The number of benzene rings is 1. The summed E-state index contributed by atoms with van der Waals surface area (Å²) in [6.45, 7) is 4.84. The number of nitrogens with two attached hydrogens (primary N) is 1. The Morgan fingerprint density at radius 2 is 2.33 bits per heavy atom. The van der Waals surface area contributed by atoms with Crippen LogP contribution in [0.4, 0.5) is 11.4 Å². The fraction of sp³-hybridized carbons (Fsp3) is 0.333. The maximum atomic E-state index is 12.0. The number of esters is 1. The van der Waals surface area contributed by atoms with Gasteiger partial charge in [-0.25, -0.2) is 9.78 Å². The number of para-hydroxylation sites is 1. The van der Waals surface area contributed by atoms with E-state index in [9.17, 15) is 4.79 Å². The van der Waals surface area contributed by atoms with Gasteiger partial charge in [0.25, 0.3) is 0 Å². The fourth-order valence-corrected chi connectivity index (χ4v) is 2.11. The van der Waals surface area contributed by atoms with E-state index in [0.29, 0.717) is 23.5 Å². The Balaban J connectivity index is 2.16. The Labute approximate surface area is 123 Å². The van der Waals surface area contributed by atoms with Crippen LogP contribution < -0.4 is 11.1 Å². The van der Waals surface area contributed by atoms with Gasteiger partial charge in [0.2, 0.25) is 0 Å². The van der Waals surface area contributed by atoms with Crippen LogP contribution >= 0.6 is 0 Å². The number of carbonyl (C=O) groups is 1. The molecule has 0 aliphatic carbocycles. The number of anilines is 2. The molecule has 0 saturated carbocycles. The smallest absolute Gasteiger partial charge is 0.340 e. The van der Waals surface area contributed by atoms with E-state index >= 15 is 0 Å². The third kappa shape index (κ3) is 3.75. The van der Waals surface area contributed by atoms with Crippen molar-refractivity contribution in [2.45, 2.75) is 26.4 Å². The van der Waals surface area contributed by atoms with Gasteiger partial charge in [-0.05, 0) is 26.0 Å². The van der Waals surface area contributed by atoms with E-state index in [-0.39, 0.29) is 12.0 Å². The lowest BCUT2D eigenvalue weighted by molar-refractivity contribution is 0.0527. The molecule has 0 radical (unpaired) electrons. The number of nitrogens with zero attached hydrogens (tertiary/aromatic N) is 2.